The fourth-order valence-corrected chi connectivity index (χ4v) is 2.70. The zero-order valence-electron chi connectivity index (χ0n) is 15.9. The summed E-state index contributed by atoms with van der Waals surface area (Å²) >= 11 is 0. The van der Waals surface area contributed by atoms with Gasteiger partial charge in [0.2, 0.25) is 5.95 Å². The van der Waals surface area contributed by atoms with Crippen molar-refractivity contribution in [1.29, 1.82) is 0 Å². The fourth-order valence-electron chi connectivity index (χ4n) is 2.70. The zero-order chi connectivity index (χ0) is 19.9. The van der Waals surface area contributed by atoms with Crippen LogP contribution in [0.5, 0.6) is 0 Å². The van der Waals surface area contributed by atoms with Crippen molar-refractivity contribution >= 4 is 11.8 Å². The van der Waals surface area contributed by atoms with Gasteiger partial charge in [-0.15, -0.1) is 0 Å². The summed E-state index contributed by atoms with van der Waals surface area (Å²) in [6, 6.07) is 11.8. The first kappa shape index (κ1) is 19.7. The number of halogens is 1. The van der Waals surface area contributed by atoms with Crippen LogP contribution in [-0.2, 0) is 6.54 Å². The molecule has 3 aromatic rings. The summed E-state index contributed by atoms with van der Waals surface area (Å²) in [5.41, 5.74) is 2.44. The molecule has 0 unspecified atom stereocenters. The summed E-state index contributed by atoms with van der Waals surface area (Å²) in [6.07, 6.45) is 3.41. The number of aliphatic hydroxyl groups is 1. The second kappa shape index (κ2) is 9.23. The maximum absolute atomic E-state index is 13.4. The van der Waals surface area contributed by atoms with E-state index < -0.39 is 0 Å². The summed E-state index contributed by atoms with van der Waals surface area (Å²) in [7, 11) is 0. The van der Waals surface area contributed by atoms with Gasteiger partial charge in [-0.05, 0) is 35.7 Å². The molecule has 1 atom stereocenters. The highest BCUT2D eigenvalue weighted by atomic mass is 19.1. The van der Waals surface area contributed by atoms with Crippen molar-refractivity contribution in [2.24, 2.45) is 5.92 Å². The zero-order valence-corrected chi connectivity index (χ0v) is 15.9. The van der Waals surface area contributed by atoms with Crippen LogP contribution in [-0.4, -0.2) is 32.7 Å². The Hall–Kier alpha value is -3.06. The van der Waals surface area contributed by atoms with Crippen LogP contribution in [0.1, 0.15) is 19.4 Å². The third-order valence-corrected chi connectivity index (χ3v) is 4.38. The molecule has 6 nitrogen and oxygen atoms in total. The number of aromatic nitrogens is 3. The molecule has 0 radical (unpaired) electrons. The minimum absolute atomic E-state index is 0.0213. The van der Waals surface area contributed by atoms with Gasteiger partial charge in [-0.3, -0.25) is 4.98 Å². The van der Waals surface area contributed by atoms with Gasteiger partial charge in [0.15, 0.2) is 0 Å². The second-order valence-electron chi connectivity index (χ2n) is 6.86. The molecule has 0 saturated carbocycles. The van der Waals surface area contributed by atoms with E-state index >= 15 is 0 Å². The van der Waals surface area contributed by atoms with Crippen molar-refractivity contribution in [2.45, 2.75) is 26.4 Å². The maximum atomic E-state index is 13.4. The Bertz CT molecular complexity index is 904. The van der Waals surface area contributed by atoms with Gasteiger partial charge in [0.05, 0.1) is 18.3 Å². The lowest BCUT2D eigenvalue weighted by Gasteiger charge is -2.20. The molecule has 1 aromatic carbocycles. The van der Waals surface area contributed by atoms with Crippen molar-refractivity contribution in [1.82, 2.24) is 15.0 Å². The molecule has 0 aliphatic rings. The highest BCUT2D eigenvalue weighted by molar-refractivity contribution is 5.64. The Morgan fingerprint density at radius 3 is 2.54 bits per heavy atom. The quantitative estimate of drug-likeness (QED) is 0.552. The lowest BCUT2D eigenvalue weighted by atomic mass is 10.1. The molecule has 0 fully saturated rings. The van der Waals surface area contributed by atoms with Gasteiger partial charge >= 0.3 is 0 Å². The first-order valence-corrected chi connectivity index (χ1v) is 9.20. The van der Waals surface area contributed by atoms with Crippen molar-refractivity contribution in [2.75, 3.05) is 17.2 Å². The molecule has 28 heavy (non-hydrogen) atoms. The molecule has 146 valence electrons. The predicted molar refractivity (Wildman–Crippen MR) is 108 cm³/mol. The summed E-state index contributed by atoms with van der Waals surface area (Å²) in [4.78, 5) is 13.1. The largest absolute Gasteiger partial charge is 0.394 e. The Balaban J connectivity index is 1.88. The molecule has 0 saturated heterocycles. The van der Waals surface area contributed by atoms with Gasteiger partial charge in [-0.2, -0.15) is 4.98 Å². The molecular formula is C21H24FN5O. The van der Waals surface area contributed by atoms with Crippen molar-refractivity contribution in [3.8, 4) is 11.3 Å². The van der Waals surface area contributed by atoms with E-state index in [0.717, 1.165) is 16.8 Å². The van der Waals surface area contributed by atoms with Crippen LogP contribution in [0.25, 0.3) is 11.3 Å². The second-order valence-corrected chi connectivity index (χ2v) is 6.86. The number of anilines is 2. The molecular weight excluding hydrogens is 357 g/mol. The van der Waals surface area contributed by atoms with Crippen LogP contribution in [0.2, 0.25) is 0 Å². The summed E-state index contributed by atoms with van der Waals surface area (Å²) < 4.78 is 13.4. The van der Waals surface area contributed by atoms with Crippen molar-refractivity contribution < 1.29 is 9.50 Å². The van der Waals surface area contributed by atoms with Crippen molar-refractivity contribution in [3.05, 3.63) is 66.2 Å². The minimum Gasteiger partial charge on any atom is -0.394 e. The van der Waals surface area contributed by atoms with Crippen LogP contribution in [0.15, 0.2) is 54.9 Å². The molecule has 0 amide bonds. The normalized spacial score (nSPS) is 12.0. The minimum atomic E-state index is -0.274. The Morgan fingerprint density at radius 2 is 1.86 bits per heavy atom. The first-order chi connectivity index (χ1) is 13.5. The monoisotopic (exact) mass is 381 g/mol. The molecule has 3 rings (SSSR count). The molecule has 2 aromatic heterocycles. The number of nitrogens with zero attached hydrogens (tertiary/aromatic N) is 3. The van der Waals surface area contributed by atoms with E-state index in [-0.39, 0.29) is 24.4 Å². The Kier molecular flexibility index (Phi) is 6.49. The van der Waals surface area contributed by atoms with Crippen molar-refractivity contribution in [3.63, 3.8) is 0 Å². The summed E-state index contributed by atoms with van der Waals surface area (Å²) in [5.74, 6) is 0.962. The SMILES string of the molecule is CC(C)[C@H](CO)Nc1nc(NCc2cccc(F)c2)cc(-c2ccncc2)n1. The van der Waals surface area contributed by atoms with Gasteiger partial charge in [0.1, 0.15) is 11.6 Å². The maximum Gasteiger partial charge on any atom is 0.225 e. The molecule has 2 heterocycles. The smallest absolute Gasteiger partial charge is 0.225 e. The van der Waals surface area contributed by atoms with E-state index in [0.29, 0.717) is 18.3 Å². The van der Waals surface area contributed by atoms with Crippen LogP contribution in [0, 0.1) is 11.7 Å². The van der Waals surface area contributed by atoms with Gasteiger partial charge < -0.3 is 15.7 Å². The Morgan fingerprint density at radius 1 is 1.07 bits per heavy atom. The van der Waals surface area contributed by atoms with E-state index in [1.807, 2.05) is 38.1 Å². The number of aliphatic hydroxyl groups excluding tert-OH is 1. The highest BCUT2D eigenvalue weighted by Gasteiger charge is 2.15. The molecule has 0 spiro atoms. The molecule has 0 aliphatic carbocycles. The van der Waals surface area contributed by atoms with E-state index in [1.54, 1.807) is 18.5 Å². The lowest BCUT2D eigenvalue weighted by molar-refractivity contribution is 0.248. The van der Waals surface area contributed by atoms with Gasteiger partial charge in [0.25, 0.3) is 0 Å². The average Bonchev–Trinajstić information content (AvgIpc) is 2.71. The average molecular weight is 381 g/mol. The predicted octanol–water partition coefficient (Wildman–Crippen LogP) is 3.72. The fraction of sp³-hybridized carbons (Fsp3) is 0.286. The number of hydrogen-bond donors (Lipinski definition) is 3. The number of pyridine rings is 1. The van der Waals surface area contributed by atoms with Gasteiger partial charge in [0, 0.05) is 30.6 Å². The van der Waals surface area contributed by atoms with Crippen LogP contribution < -0.4 is 10.6 Å². The number of rotatable bonds is 8. The molecule has 0 bridgehead atoms. The molecule has 7 heteroatoms. The Labute approximate surface area is 163 Å². The first-order valence-electron chi connectivity index (χ1n) is 9.20. The molecule has 0 aliphatic heterocycles. The van der Waals surface area contributed by atoms with Gasteiger partial charge in [-0.1, -0.05) is 26.0 Å². The summed E-state index contributed by atoms with van der Waals surface area (Å²) in [6.45, 7) is 4.44. The van der Waals surface area contributed by atoms with Crippen LogP contribution in [0.3, 0.4) is 0 Å². The number of benzene rings is 1. The number of hydrogen-bond acceptors (Lipinski definition) is 6. The van der Waals surface area contributed by atoms with E-state index in [9.17, 15) is 9.50 Å². The topological polar surface area (TPSA) is 83.0 Å². The van der Waals surface area contributed by atoms with Gasteiger partial charge in [-0.25, -0.2) is 9.37 Å². The molecule has 3 N–H and O–H groups in total. The lowest BCUT2D eigenvalue weighted by Crippen LogP contribution is -2.30. The highest BCUT2D eigenvalue weighted by Crippen LogP contribution is 2.22. The third kappa shape index (κ3) is 5.23. The third-order valence-electron chi connectivity index (χ3n) is 4.38. The standard InChI is InChI=1S/C21H24FN5O/c1-14(2)19(13-28)26-21-25-18(16-6-8-23-9-7-16)11-20(27-21)24-12-15-4-3-5-17(22)10-15/h3-11,14,19,28H,12-13H2,1-2H3,(H2,24,25,26,27)/t19-/m0/s1. The number of nitrogens with one attached hydrogen (secondary N) is 2. The van der Waals surface area contributed by atoms with E-state index in [1.165, 1.54) is 12.1 Å². The van der Waals surface area contributed by atoms with Crippen LogP contribution in [0.4, 0.5) is 16.2 Å². The summed E-state index contributed by atoms with van der Waals surface area (Å²) in [5, 5.41) is 16.0. The van der Waals surface area contributed by atoms with E-state index in [4.69, 9.17) is 0 Å². The van der Waals surface area contributed by atoms with E-state index in [2.05, 4.69) is 25.6 Å². The van der Waals surface area contributed by atoms with Crippen LogP contribution >= 0.6 is 0 Å².